The maximum Gasteiger partial charge on any atom is 0.124 e. The van der Waals surface area contributed by atoms with E-state index in [1.165, 1.54) is 11.1 Å². The SMILES string of the molecule is CCOCCC(N)c1c(C)cc(C)cc1OC. The van der Waals surface area contributed by atoms with Crippen LogP contribution < -0.4 is 10.5 Å². The summed E-state index contributed by atoms with van der Waals surface area (Å²) in [6.07, 6.45) is 0.814. The average Bonchev–Trinajstić information content (AvgIpc) is 2.27. The zero-order chi connectivity index (χ0) is 12.8. The molecule has 0 radical (unpaired) electrons. The molecule has 0 aliphatic rings. The average molecular weight is 237 g/mol. The van der Waals surface area contributed by atoms with Crippen LogP contribution in [0.4, 0.5) is 0 Å². The zero-order valence-corrected chi connectivity index (χ0v) is 11.2. The molecule has 2 N–H and O–H groups in total. The number of methoxy groups -OCH3 is 1. The minimum absolute atomic E-state index is 0.0305. The van der Waals surface area contributed by atoms with Gasteiger partial charge in [0.1, 0.15) is 5.75 Å². The minimum atomic E-state index is -0.0305. The molecule has 0 saturated heterocycles. The predicted octanol–water partition coefficient (Wildman–Crippen LogP) is 2.74. The van der Waals surface area contributed by atoms with Crippen LogP contribution in [0.25, 0.3) is 0 Å². The van der Waals surface area contributed by atoms with Crippen molar-refractivity contribution < 1.29 is 9.47 Å². The Morgan fingerprint density at radius 3 is 2.59 bits per heavy atom. The Morgan fingerprint density at radius 2 is 2.00 bits per heavy atom. The van der Waals surface area contributed by atoms with E-state index in [9.17, 15) is 0 Å². The first-order valence-electron chi connectivity index (χ1n) is 6.08. The van der Waals surface area contributed by atoms with Crippen LogP contribution in [-0.4, -0.2) is 20.3 Å². The predicted molar refractivity (Wildman–Crippen MR) is 70.5 cm³/mol. The van der Waals surface area contributed by atoms with E-state index in [0.29, 0.717) is 6.61 Å². The van der Waals surface area contributed by atoms with Crippen molar-refractivity contribution in [2.45, 2.75) is 33.2 Å². The smallest absolute Gasteiger partial charge is 0.124 e. The third-order valence-corrected chi connectivity index (χ3v) is 2.86. The lowest BCUT2D eigenvalue weighted by molar-refractivity contribution is 0.139. The van der Waals surface area contributed by atoms with Crippen molar-refractivity contribution in [2.24, 2.45) is 5.73 Å². The van der Waals surface area contributed by atoms with Crippen LogP contribution in [-0.2, 0) is 4.74 Å². The number of ether oxygens (including phenoxy) is 2. The topological polar surface area (TPSA) is 44.5 Å². The Labute approximate surface area is 104 Å². The summed E-state index contributed by atoms with van der Waals surface area (Å²) in [4.78, 5) is 0. The largest absolute Gasteiger partial charge is 0.496 e. The minimum Gasteiger partial charge on any atom is -0.496 e. The number of nitrogens with two attached hydrogens (primary N) is 1. The molecular formula is C14H23NO2. The van der Waals surface area contributed by atoms with Crippen LogP contribution in [0.15, 0.2) is 12.1 Å². The quantitative estimate of drug-likeness (QED) is 0.774. The summed E-state index contributed by atoms with van der Waals surface area (Å²) in [6.45, 7) is 7.55. The van der Waals surface area contributed by atoms with Crippen LogP contribution in [0, 0.1) is 13.8 Å². The lowest BCUT2D eigenvalue weighted by Crippen LogP contribution is -2.15. The summed E-state index contributed by atoms with van der Waals surface area (Å²) in [5.41, 5.74) is 9.68. The molecule has 96 valence electrons. The fourth-order valence-electron chi connectivity index (χ4n) is 2.08. The molecule has 0 bridgehead atoms. The fraction of sp³-hybridized carbons (Fsp3) is 0.571. The number of rotatable bonds is 6. The van der Waals surface area contributed by atoms with Gasteiger partial charge in [0, 0.05) is 24.8 Å². The maximum absolute atomic E-state index is 6.20. The zero-order valence-electron chi connectivity index (χ0n) is 11.2. The first-order valence-corrected chi connectivity index (χ1v) is 6.08. The van der Waals surface area contributed by atoms with Gasteiger partial charge >= 0.3 is 0 Å². The van der Waals surface area contributed by atoms with Crippen LogP contribution >= 0.6 is 0 Å². The van der Waals surface area contributed by atoms with E-state index in [-0.39, 0.29) is 6.04 Å². The Bertz CT molecular complexity index is 363. The molecule has 0 amide bonds. The number of hydrogen-bond acceptors (Lipinski definition) is 3. The van der Waals surface area contributed by atoms with Crippen LogP contribution in [0.2, 0.25) is 0 Å². The normalized spacial score (nSPS) is 12.5. The molecule has 0 aliphatic heterocycles. The number of aryl methyl sites for hydroxylation is 2. The highest BCUT2D eigenvalue weighted by molar-refractivity contribution is 5.44. The highest BCUT2D eigenvalue weighted by atomic mass is 16.5. The summed E-state index contributed by atoms with van der Waals surface area (Å²) in [5.74, 6) is 0.881. The van der Waals surface area contributed by atoms with E-state index in [4.69, 9.17) is 15.2 Å². The van der Waals surface area contributed by atoms with E-state index in [2.05, 4.69) is 19.9 Å². The fourth-order valence-corrected chi connectivity index (χ4v) is 2.08. The molecule has 0 saturated carbocycles. The molecule has 0 fully saturated rings. The monoisotopic (exact) mass is 237 g/mol. The standard InChI is InChI=1S/C14H23NO2/c1-5-17-7-6-12(15)14-11(3)8-10(2)9-13(14)16-4/h8-9,12H,5-7,15H2,1-4H3. The van der Waals surface area contributed by atoms with Crippen molar-refractivity contribution in [1.82, 2.24) is 0 Å². The van der Waals surface area contributed by atoms with Gasteiger partial charge in [-0.3, -0.25) is 0 Å². The Kier molecular flexibility index (Phi) is 5.45. The molecule has 0 heterocycles. The molecular weight excluding hydrogens is 214 g/mol. The van der Waals surface area contributed by atoms with Crippen molar-refractivity contribution in [3.63, 3.8) is 0 Å². The summed E-state index contributed by atoms with van der Waals surface area (Å²) in [6, 6.07) is 4.14. The second kappa shape index (κ2) is 6.62. The molecule has 1 unspecified atom stereocenters. The maximum atomic E-state index is 6.20. The molecule has 0 aliphatic carbocycles. The van der Waals surface area contributed by atoms with E-state index in [1.54, 1.807) is 7.11 Å². The molecule has 17 heavy (non-hydrogen) atoms. The van der Waals surface area contributed by atoms with E-state index in [0.717, 1.165) is 24.3 Å². The van der Waals surface area contributed by atoms with Crippen molar-refractivity contribution in [1.29, 1.82) is 0 Å². The van der Waals surface area contributed by atoms with Gasteiger partial charge in [-0.2, -0.15) is 0 Å². The van der Waals surface area contributed by atoms with Crippen LogP contribution in [0.3, 0.4) is 0 Å². The Balaban J connectivity index is 2.87. The Hall–Kier alpha value is -1.06. The van der Waals surface area contributed by atoms with E-state index in [1.807, 2.05) is 13.0 Å². The van der Waals surface area contributed by atoms with Crippen LogP contribution in [0.1, 0.15) is 36.1 Å². The van der Waals surface area contributed by atoms with Crippen LogP contribution in [0.5, 0.6) is 5.75 Å². The van der Waals surface area contributed by atoms with Crippen molar-refractivity contribution in [2.75, 3.05) is 20.3 Å². The molecule has 3 nitrogen and oxygen atoms in total. The van der Waals surface area contributed by atoms with Gasteiger partial charge in [0.25, 0.3) is 0 Å². The van der Waals surface area contributed by atoms with E-state index >= 15 is 0 Å². The second-order valence-corrected chi connectivity index (χ2v) is 4.29. The summed E-state index contributed by atoms with van der Waals surface area (Å²) < 4.78 is 10.8. The first kappa shape index (κ1) is 14.0. The molecule has 1 atom stereocenters. The van der Waals surface area contributed by atoms with Gasteiger partial charge in [0.15, 0.2) is 0 Å². The molecule has 0 spiro atoms. The van der Waals surface area contributed by atoms with Crippen molar-refractivity contribution in [3.05, 3.63) is 28.8 Å². The van der Waals surface area contributed by atoms with Gasteiger partial charge in [0.05, 0.1) is 7.11 Å². The van der Waals surface area contributed by atoms with E-state index < -0.39 is 0 Å². The molecule has 1 aromatic rings. The van der Waals surface area contributed by atoms with Gasteiger partial charge in [-0.15, -0.1) is 0 Å². The second-order valence-electron chi connectivity index (χ2n) is 4.29. The van der Waals surface area contributed by atoms with Gasteiger partial charge in [-0.05, 0) is 44.4 Å². The Morgan fingerprint density at radius 1 is 1.29 bits per heavy atom. The highest BCUT2D eigenvalue weighted by Gasteiger charge is 2.15. The summed E-state index contributed by atoms with van der Waals surface area (Å²) in [5, 5.41) is 0. The summed E-state index contributed by atoms with van der Waals surface area (Å²) >= 11 is 0. The van der Waals surface area contributed by atoms with Gasteiger partial charge < -0.3 is 15.2 Å². The highest BCUT2D eigenvalue weighted by Crippen LogP contribution is 2.30. The molecule has 1 aromatic carbocycles. The van der Waals surface area contributed by atoms with Gasteiger partial charge in [-0.25, -0.2) is 0 Å². The number of benzene rings is 1. The van der Waals surface area contributed by atoms with Crippen molar-refractivity contribution in [3.8, 4) is 5.75 Å². The third-order valence-electron chi connectivity index (χ3n) is 2.86. The molecule has 1 rings (SSSR count). The lowest BCUT2D eigenvalue weighted by atomic mass is 9.96. The first-order chi connectivity index (χ1) is 8.10. The summed E-state index contributed by atoms with van der Waals surface area (Å²) in [7, 11) is 1.69. The third kappa shape index (κ3) is 3.72. The molecule has 0 aromatic heterocycles. The van der Waals surface area contributed by atoms with Gasteiger partial charge in [-0.1, -0.05) is 6.07 Å². The number of hydrogen-bond donors (Lipinski definition) is 1. The van der Waals surface area contributed by atoms with Gasteiger partial charge in [0.2, 0.25) is 0 Å². The molecule has 3 heteroatoms. The van der Waals surface area contributed by atoms with Crippen molar-refractivity contribution >= 4 is 0 Å². The lowest BCUT2D eigenvalue weighted by Gasteiger charge is -2.19.